The Kier molecular flexibility index (Phi) is 6.84. The molecule has 5 nitrogen and oxygen atoms in total. The molecule has 1 aromatic rings. The molecule has 0 aliphatic heterocycles. The van der Waals surface area contributed by atoms with Gasteiger partial charge in [0.2, 0.25) is 5.91 Å². The number of thioether (sulfide) groups is 1. The Balaban J connectivity index is 2.57. The minimum Gasteiger partial charge on any atom is -0.480 e. The second kappa shape index (κ2) is 8.14. The second-order valence-corrected chi connectivity index (χ2v) is 5.92. The predicted molar refractivity (Wildman–Crippen MR) is 78.2 cm³/mol. The number of amides is 1. The van der Waals surface area contributed by atoms with Crippen molar-refractivity contribution >= 4 is 35.2 Å². The van der Waals surface area contributed by atoms with Gasteiger partial charge in [-0.05, 0) is 31.2 Å². The number of benzene rings is 1. The van der Waals surface area contributed by atoms with Crippen LogP contribution in [0.25, 0.3) is 0 Å². The number of rotatable bonds is 7. The minimum atomic E-state index is -1.12. The van der Waals surface area contributed by atoms with Gasteiger partial charge in [-0.15, -0.1) is 11.8 Å². The van der Waals surface area contributed by atoms with Crippen LogP contribution in [-0.2, 0) is 14.3 Å². The Morgan fingerprint density at radius 3 is 2.50 bits per heavy atom. The highest BCUT2D eigenvalue weighted by Gasteiger charge is 2.23. The van der Waals surface area contributed by atoms with E-state index in [1.54, 1.807) is 31.2 Å². The van der Waals surface area contributed by atoms with E-state index in [0.717, 1.165) is 4.90 Å². The maximum Gasteiger partial charge on any atom is 0.328 e. The minimum absolute atomic E-state index is 0.0700. The summed E-state index contributed by atoms with van der Waals surface area (Å²) in [5.41, 5.74) is 0. The molecular weight excluding hydrogens is 302 g/mol. The lowest BCUT2D eigenvalue weighted by Crippen LogP contribution is -2.46. The topological polar surface area (TPSA) is 75.6 Å². The molecule has 0 radical (unpaired) electrons. The van der Waals surface area contributed by atoms with E-state index in [4.69, 9.17) is 21.4 Å². The van der Waals surface area contributed by atoms with Crippen LogP contribution >= 0.6 is 23.4 Å². The van der Waals surface area contributed by atoms with Gasteiger partial charge in [0.25, 0.3) is 0 Å². The maximum absolute atomic E-state index is 11.9. The molecule has 2 unspecified atom stereocenters. The van der Waals surface area contributed by atoms with E-state index < -0.39 is 17.3 Å². The number of carbonyl (C=O) groups excluding carboxylic acids is 1. The van der Waals surface area contributed by atoms with E-state index in [9.17, 15) is 9.59 Å². The Morgan fingerprint density at radius 2 is 2.00 bits per heavy atom. The lowest BCUT2D eigenvalue weighted by molar-refractivity contribution is -0.143. The van der Waals surface area contributed by atoms with Gasteiger partial charge in [0, 0.05) is 17.0 Å². The summed E-state index contributed by atoms with van der Waals surface area (Å²) in [5.74, 6) is -1.47. The molecule has 20 heavy (non-hydrogen) atoms. The zero-order chi connectivity index (χ0) is 15.1. The molecule has 0 saturated carbocycles. The molecule has 2 N–H and O–H groups in total. The summed E-state index contributed by atoms with van der Waals surface area (Å²) in [6, 6.07) is 6.04. The zero-order valence-electron chi connectivity index (χ0n) is 11.1. The summed E-state index contributed by atoms with van der Waals surface area (Å²) in [4.78, 5) is 23.7. The largest absolute Gasteiger partial charge is 0.480 e. The molecule has 0 aromatic heterocycles. The molecule has 1 rings (SSSR count). The van der Waals surface area contributed by atoms with Gasteiger partial charge < -0.3 is 15.2 Å². The first kappa shape index (κ1) is 16.8. The van der Waals surface area contributed by atoms with E-state index in [-0.39, 0.29) is 12.5 Å². The molecule has 7 heteroatoms. The highest BCUT2D eigenvalue weighted by atomic mass is 35.5. The molecule has 1 amide bonds. The number of carboxylic acids is 1. The number of methoxy groups -OCH3 is 1. The smallest absolute Gasteiger partial charge is 0.328 e. The van der Waals surface area contributed by atoms with Gasteiger partial charge in [-0.2, -0.15) is 0 Å². The standard InChI is InChI=1S/C13H16ClNO4S/c1-8(20-10-5-3-9(14)4-6-10)12(16)15-11(7-19-2)13(17)18/h3-6,8,11H,7H2,1-2H3,(H,15,16)(H,17,18). The molecule has 0 fully saturated rings. The monoisotopic (exact) mass is 317 g/mol. The molecule has 0 spiro atoms. The van der Waals surface area contributed by atoms with Crippen molar-refractivity contribution in [2.75, 3.05) is 13.7 Å². The number of hydrogen-bond acceptors (Lipinski definition) is 4. The predicted octanol–water partition coefficient (Wildman–Crippen LogP) is 2.04. The van der Waals surface area contributed by atoms with Crippen LogP contribution in [0, 0.1) is 0 Å². The van der Waals surface area contributed by atoms with Crippen molar-refractivity contribution in [2.45, 2.75) is 23.1 Å². The molecule has 2 atom stereocenters. The number of carboxylic acid groups (broad SMARTS) is 1. The summed E-state index contributed by atoms with van der Waals surface area (Å²) in [6.45, 7) is 1.64. The van der Waals surface area contributed by atoms with Crippen molar-refractivity contribution < 1.29 is 19.4 Å². The Morgan fingerprint density at radius 1 is 1.40 bits per heavy atom. The molecular formula is C13H16ClNO4S. The third-order valence-electron chi connectivity index (χ3n) is 2.44. The van der Waals surface area contributed by atoms with Gasteiger partial charge in [-0.25, -0.2) is 4.79 Å². The van der Waals surface area contributed by atoms with Crippen LogP contribution in [0.5, 0.6) is 0 Å². The van der Waals surface area contributed by atoms with Crippen molar-refractivity contribution in [2.24, 2.45) is 0 Å². The lowest BCUT2D eigenvalue weighted by atomic mass is 10.3. The van der Waals surface area contributed by atoms with Gasteiger partial charge >= 0.3 is 5.97 Å². The summed E-state index contributed by atoms with van der Waals surface area (Å²) < 4.78 is 4.76. The lowest BCUT2D eigenvalue weighted by Gasteiger charge is -2.17. The Labute approximate surface area is 126 Å². The number of aliphatic carboxylic acids is 1. The summed E-state index contributed by atoms with van der Waals surface area (Å²) >= 11 is 7.11. The second-order valence-electron chi connectivity index (χ2n) is 4.07. The first-order valence-corrected chi connectivity index (χ1v) is 7.14. The molecule has 0 heterocycles. The normalized spacial score (nSPS) is 13.6. The van der Waals surface area contributed by atoms with Crippen molar-refractivity contribution in [3.8, 4) is 0 Å². The number of carbonyl (C=O) groups is 2. The van der Waals surface area contributed by atoms with E-state index in [1.165, 1.54) is 18.9 Å². The number of halogens is 1. The fourth-order valence-electron chi connectivity index (χ4n) is 1.40. The highest BCUT2D eigenvalue weighted by Crippen LogP contribution is 2.24. The van der Waals surface area contributed by atoms with Crippen LogP contribution in [0.2, 0.25) is 5.02 Å². The molecule has 1 aromatic carbocycles. The zero-order valence-corrected chi connectivity index (χ0v) is 12.7. The van der Waals surface area contributed by atoms with E-state index in [0.29, 0.717) is 5.02 Å². The van der Waals surface area contributed by atoms with Crippen LogP contribution in [-0.4, -0.2) is 42.0 Å². The van der Waals surface area contributed by atoms with Crippen LogP contribution in [0.4, 0.5) is 0 Å². The van der Waals surface area contributed by atoms with Crippen LogP contribution in [0.15, 0.2) is 29.2 Å². The summed E-state index contributed by atoms with van der Waals surface area (Å²) in [6.07, 6.45) is 0. The van der Waals surface area contributed by atoms with Gasteiger partial charge in [-0.3, -0.25) is 4.79 Å². The van der Waals surface area contributed by atoms with Crippen molar-refractivity contribution in [3.63, 3.8) is 0 Å². The number of ether oxygens (including phenoxy) is 1. The number of hydrogen-bond donors (Lipinski definition) is 2. The van der Waals surface area contributed by atoms with Gasteiger partial charge in [0.05, 0.1) is 11.9 Å². The van der Waals surface area contributed by atoms with Crippen LogP contribution in [0.1, 0.15) is 6.92 Å². The first-order valence-electron chi connectivity index (χ1n) is 5.88. The molecule has 0 bridgehead atoms. The van der Waals surface area contributed by atoms with Gasteiger partial charge in [-0.1, -0.05) is 11.6 Å². The number of nitrogens with one attached hydrogen (secondary N) is 1. The average Bonchev–Trinajstić information content (AvgIpc) is 2.40. The van der Waals surface area contributed by atoms with E-state index in [1.807, 2.05) is 0 Å². The molecule has 0 aliphatic rings. The third kappa shape index (κ3) is 5.40. The molecule has 0 saturated heterocycles. The van der Waals surface area contributed by atoms with Gasteiger partial charge in [0.15, 0.2) is 6.04 Å². The van der Waals surface area contributed by atoms with Gasteiger partial charge in [0.1, 0.15) is 0 Å². The molecule has 110 valence electrons. The Bertz CT molecular complexity index is 466. The van der Waals surface area contributed by atoms with E-state index in [2.05, 4.69) is 5.32 Å². The highest BCUT2D eigenvalue weighted by molar-refractivity contribution is 8.00. The Hall–Kier alpha value is -1.24. The SMILES string of the molecule is COCC(NC(=O)C(C)Sc1ccc(Cl)cc1)C(=O)O. The quantitative estimate of drug-likeness (QED) is 0.753. The summed E-state index contributed by atoms with van der Waals surface area (Å²) in [7, 11) is 1.38. The fraction of sp³-hybridized carbons (Fsp3) is 0.385. The van der Waals surface area contributed by atoms with Crippen molar-refractivity contribution in [1.82, 2.24) is 5.32 Å². The third-order valence-corrected chi connectivity index (χ3v) is 3.81. The van der Waals surface area contributed by atoms with E-state index >= 15 is 0 Å². The van der Waals surface area contributed by atoms with Crippen LogP contribution < -0.4 is 5.32 Å². The summed E-state index contributed by atoms with van der Waals surface area (Å²) in [5, 5.41) is 11.6. The van der Waals surface area contributed by atoms with Crippen LogP contribution in [0.3, 0.4) is 0 Å². The van der Waals surface area contributed by atoms with Crippen molar-refractivity contribution in [3.05, 3.63) is 29.3 Å². The maximum atomic E-state index is 11.9. The first-order chi connectivity index (χ1) is 9.43. The molecule has 0 aliphatic carbocycles. The van der Waals surface area contributed by atoms with Crippen molar-refractivity contribution in [1.29, 1.82) is 0 Å². The average molecular weight is 318 g/mol. The fourth-order valence-corrected chi connectivity index (χ4v) is 2.40.